The number of benzene rings is 1. The van der Waals surface area contributed by atoms with E-state index in [4.69, 9.17) is 11.0 Å². The van der Waals surface area contributed by atoms with E-state index in [1.165, 1.54) is 4.88 Å². The average Bonchev–Trinajstić information content (AvgIpc) is 3.49. The van der Waals surface area contributed by atoms with Crippen LogP contribution in [0.1, 0.15) is 52.9 Å². The van der Waals surface area contributed by atoms with E-state index in [2.05, 4.69) is 33.5 Å². The number of nitriles is 1. The van der Waals surface area contributed by atoms with Crippen molar-refractivity contribution in [1.29, 1.82) is 5.26 Å². The molecule has 0 spiro atoms. The van der Waals surface area contributed by atoms with Crippen molar-refractivity contribution in [2.75, 3.05) is 32.4 Å². The molecule has 10 heteroatoms. The van der Waals surface area contributed by atoms with Crippen LogP contribution in [0.5, 0.6) is 0 Å². The van der Waals surface area contributed by atoms with Crippen LogP contribution in [0.3, 0.4) is 0 Å². The Kier molecular flexibility index (Phi) is 7.62. The molecule has 35 heavy (non-hydrogen) atoms. The number of thiophene rings is 1. The number of hydrogen-bond acceptors (Lipinski definition) is 6. The summed E-state index contributed by atoms with van der Waals surface area (Å²) in [5.74, 6) is -0.164. The predicted molar refractivity (Wildman–Crippen MR) is 140 cm³/mol. The first-order chi connectivity index (χ1) is 16.7. The largest absolute Gasteiger partial charge is 0.366 e. The first-order valence-electron chi connectivity index (χ1n) is 11.8. The predicted octanol–water partition coefficient (Wildman–Crippen LogP) is 3.87. The van der Waals surface area contributed by atoms with Crippen molar-refractivity contribution < 1.29 is 13.2 Å². The molecule has 1 amide bonds. The molecule has 2 aromatic heterocycles. The number of H-pyrrole nitrogens is 1. The highest BCUT2D eigenvalue weighted by molar-refractivity contribution is 7.89. The van der Waals surface area contributed by atoms with Gasteiger partial charge in [0.2, 0.25) is 10.0 Å². The summed E-state index contributed by atoms with van der Waals surface area (Å²) in [5.41, 5.74) is 9.99. The normalized spacial score (nSPS) is 15.6. The zero-order valence-corrected chi connectivity index (χ0v) is 21.7. The van der Waals surface area contributed by atoms with E-state index in [1.54, 1.807) is 22.6 Å². The highest BCUT2D eigenvalue weighted by Gasteiger charge is 2.29. The zero-order valence-electron chi connectivity index (χ0n) is 20.1. The van der Waals surface area contributed by atoms with Crippen LogP contribution in [0.2, 0.25) is 0 Å². The van der Waals surface area contributed by atoms with Crippen LogP contribution in [-0.2, 0) is 16.6 Å². The summed E-state index contributed by atoms with van der Waals surface area (Å²) in [6.45, 7) is 4.15. The minimum atomic E-state index is -3.18. The summed E-state index contributed by atoms with van der Waals surface area (Å²) in [4.78, 5) is 18.9. The number of amides is 1. The molecule has 0 saturated carbocycles. The van der Waals surface area contributed by atoms with Crippen molar-refractivity contribution in [2.45, 2.75) is 38.6 Å². The van der Waals surface area contributed by atoms with Crippen LogP contribution in [0, 0.1) is 11.3 Å². The number of aromatic amines is 1. The van der Waals surface area contributed by atoms with Gasteiger partial charge in [-0.05, 0) is 73.0 Å². The number of aromatic nitrogens is 1. The summed E-state index contributed by atoms with van der Waals surface area (Å²) >= 11 is 1.65. The number of hydrogen-bond donors (Lipinski definition) is 2. The van der Waals surface area contributed by atoms with Gasteiger partial charge in [0.05, 0.1) is 22.9 Å². The third-order valence-corrected chi connectivity index (χ3v) is 9.56. The van der Waals surface area contributed by atoms with Crippen LogP contribution in [0.15, 0.2) is 29.8 Å². The van der Waals surface area contributed by atoms with Gasteiger partial charge in [0.25, 0.3) is 5.91 Å². The Hall–Kier alpha value is -2.71. The lowest BCUT2D eigenvalue weighted by Crippen LogP contribution is -2.38. The molecule has 0 aliphatic carbocycles. The number of nitrogens with one attached hydrogen (secondary N) is 1. The lowest BCUT2D eigenvalue weighted by atomic mass is 9.88. The van der Waals surface area contributed by atoms with Crippen LogP contribution in [0.4, 0.5) is 0 Å². The van der Waals surface area contributed by atoms with Gasteiger partial charge in [0.15, 0.2) is 0 Å². The molecular weight excluding hydrogens is 482 g/mol. The highest BCUT2D eigenvalue weighted by Crippen LogP contribution is 2.38. The van der Waals surface area contributed by atoms with Gasteiger partial charge in [-0.1, -0.05) is 0 Å². The molecular formula is C25H31N5O3S2. The topological polar surface area (TPSA) is 123 Å². The fourth-order valence-electron chi connectivity index (χ4n) is 4.78. The second kappa shape index (κ2) is 10.5. The molecule has 0 unspecified atom stereocenters. The fourth-order valence-corrected chi connectivity index (χ4v) is 6.88. The second-order valence-corrected chi connectivity index (χ2v) is 12.3. The number of piperidine rings is 1. The fraction of sp³-hybridized carbons (Fsp3) is 0.440. The molecule has 1 aromatic carbocycles. The molecule has 8 nitrogen and oxygen atoms in total. The van der Waals surface area contributed by atoms with E-state index in [0.29, 0.717) is 31.6 Å². The maximum absolute atomic E-state index is 12.3. The Bertz CT molecular complexity index is 1360. The van der Waals surface area contributed by atoms with E-state index in [9.17, 15) is 13.2 Å². The van der Waals surface area contributed by atoms with E-state index in [-0.39, 0.29) is 11.7 Å². The Labute approximate surface area is 210 Å². The Morgan fingerprint density at radius 1 is 1.29 bits per heavy atom. The highest BCUT2D eigenvalue weighted by atomic mass is 32.2. The number of rotatable bonds is 9. The van der Waals surface area contributed by atoms with Gasteiger partial charge in [0.1, 0.15) is 0 Å². The molecule has 3 heterocycles. The van der Waals surface area contributed by atoms with Crippen molar-refractivity contribution in [3.63, 3.8) is 0 Å². The van der Waals surface area contributed by atoms with E-state index < -0.39 is 15.9 Å². The number of nitrogens with zero attached hydrogens (tertiary/aromatic N) is 3. The minimum absolute atomic E-state index is 0.118. The number of nitrogens with two attached hydrogens (primary N) is 1. The third-order valence-electron chi connectivity index (χ3n) is 6.76. The van der Waals surface area contributed by atoms with Crippen LogP contribution >= 0.6 is 11.3 Å². The zero-order chi connectivity index (χ0) is 25.2. The molecule has 3 aromatic rings. The van der Waals surface area contributed by atoms with Gasteiger partial charge < -0.3 is 15.6 Å². The maximum Gasteiger partial charge on any atom is 0.250 e. The van der Waals surface area contributed by atoms with Gasteiger partial charge in [-0.25, -0.2) is 12.7 Å². The molecule has 1 fully saturated rings. The molecule has 4 rings (SSSR count). The first kappa shape index (κ1) is 25.4. The quantitative estimate of drug-likeness (QED) is 0.450. The number of fused-ring (bicyclic) bond motifs is 1. The minimum Gasteiger partial charge on any atom is -0.366 e. The number of carbonyl (C=O) groups is 1. The Balaban J connectivity index is 1.63. The number of carbonyl (C=O) groups excluding carboxylic acids is 1. The lowest BCUT2D eigenvalue weighted by Gasteiger charge is -2.31. The van der Waals surface area contributed by atoms with Gasteiger partial charge in [-0.15, -0.1) is 11.3 Å². The number of sulfonamides is 1. The monoisotopic (exact) mass is 513 g/mol. The van der Waals surface area contributed by atoms with Gasteiger partial charge in [-0.2, -0.15) is 5.26 Å². The maximum atomic E-state index is 12.3. The van der Waals surface area contributed by atoms with E-state index in [1.807, 2.05) is 19.3 Å². The molecule has 0 radical (unpaired) electrons. The van der Waals surface area contributed by atoms with Crippen molar-refractivity contribution in [2.24, 2.45) is 5.73 Å². The summed E-state index contributed by atoms with van der Waals surface area (Å²) in [7, 11) is -1.19. The van der Waals surface area contributed by atoms with Gasteiger partial charge in [0, 0.05) is 49.1 Å². The van der Waals surface area contributed by atoms with Gasteiger partial charge in [-0.3, -0.25) is 4.79 Å². The molecule has 1 aliphatic heterocycles. The molecule has 1 aliphatic rings. The van der Waals surface area contributed by atoms with Crippen molar-refractivity contribution in [3.05, 3.63) is 45.8 Å². The SMILES string of the molecule is CCS(=O)(=O)N1CCC(c2c[nH]c3c(C(N)=O)cc(-c4csc(CN(C)CCC#N)c4)cc23)CC1. The van der Waals surface area contributed by atoms with Crippen LogP contribution in [0.25, 0.3) is 22.0 Å². The average molecular weight is 514 g/mol. The lowest BCUT2D eigenvalue weighted by molar-refractivity contribution is 0.100. The summed E-state index contributed by atoms with van der Waals surface area (Å²) < 4.78 is 26.1. The van der Waals surface area contributed by atoms with Crippen LogP contribution in [-0.4, -0.2) is 60.9 Å². The summed E-state index contributed by atoms with van der Waals surface area (Å²) in [6.07, 6.45) is 3.91. The van der Waals surface area contributed by atoms with E-state index >= 15 is 0 Å². The smallest absolute Gasteiger partial charge is 0.250 e. The van der Waals surface area contributed by atoms with Crippen LogP contribution < -0.4 is 5.73 Å². The molecule has 1 saturated heterocycles. The van der Waals surface area contributed by atoms with Crippen molar-refractivity contribution in [1.82, 2.24) is 14.2 Å². The molecule has 0 bridgehead atoms. The molecule has 186 valence electrons. The standard InChI is InChI=1S/C25H31N5O3S2/c1-3-35(32,33)30-9-5-17(6-10-30)23-14-28-24-21(23)12-18(13-22(24)25(27)31)19-11-20(34-16-19)15-29(2)8-4-7-26/h11-14,16-17,28H,3-6,8-10,15H2,1-2H3,(H2,27,31). The third kappa shape index (κ3) is 5.43. The summed E-state index contributed by atoms with van der Waals surface area (Å²) in [5, 5.41) is 11.9. The van der Waals surface area contributed by atoms with Crippen molar-refractivity contribution >= 4 is 38.2 Å². The molecule has 0 atom stereocenters. The van der Waals surface area contributed by atoms with E-state index in [0.717, 1.165) is 47.0 Å². The van der Waals surface area contributed by atoms with Gasteiger partial charge >= 0.3 is 0 Å². The number of primary amides is 1. The second-order valence-electron chi connectivity index (χ2n) is 9.08. The first-order valence-corrected chi connectivity index (χ1v) is 14.3. The van der Waals surface area contributed by atoms with Crippen molar-refractivity contribution in [3.8, 4) is 17.2 Å². The summed E-state index contributed by atoms with van der Waals surface area (Å²) in [6, 6.07) is 8.24. The molecule has 3 N–H and O–H groups in total. The Morgan fingerprint density at radius 2 is 2.03 bits per heavy atom. The Morgan fingerprint density at radius 3 is 2.69 bits per heavy atom.